The molecule has 0 bridgehead atoms. The highest BCUT2D eigenvalue weighted by atomic mass is 16.5. The maximum Gasteiger partial charge on any atom is 0.246 e. The fourth-order valence-corrected chi connectivity index (χ4v) is 2.35. The Balaban J connectivity index is 3.41. The summed E-state index contributed by atoms with van der Waals surface area (Å²) in [5.41, 5.74) is 0.898. The molecule has 0 aromatic heterocycles. The number of rotatable bonds is 23. The molecule has 12 nitrogen and oxygen atoms in total. The molecule has 0 aliphatic rings. The fourth-order valence-electron chi connectivity index (χ4n) is 2.35. The van der Waals surface area contributed by atoms with Crippen LogP contribution >= 0.6 is 0 Å². The van der Waals surface area contributed by atoms with E-state index in [9.17, 15) is 19.2 Å². The summed E-state index contributed by atoms with van der Waals surface area (Å²) < 4.78 is 21.3. The molecule has 4 amide bonds. The predicted octanol–water partition coefficient (Wildman–Crippen LogP) is -0.550. The number of ether oxygens (including phenoxy) is 4. The van der Waals surface area contributed by atoms with Gasteiger partial charge in [-0.2, -0.15) is 0 Å². The van der Waals surface area contributed by atoms with E-state index in [-0.39, 0.29) is 36.5 Å². The quantitative estimate of drug-likeness (QED) is 0.105. The van der Waals surface area contributed by atoms with Gasteiger partial charge in [-0.05, 0) is 13.8 Å². The van der Waals surface area contributed by atoms with E-state index in [0.717, 1.165) is 0 Å². The highest BCUT2D eigenvalue weighted by Gasteiger charge is 2.06. The molecule has 0 aliphatic carbocycles. The summed E-state index contributed by atoms with van der Waals surface area (Å²) in [6.45, 7) is 14.7. The molecule has 4 N–H and O–H groups in total. The average Bonchev–Trinajstić information content (AvgIpc) is 2.84. The van der Waals surface area contributed by atoms with Gasteiger partial charge < -0.3 is 40.2 Å². The number of hydrogen-bond donors (Lipinski definition) is 4. The van der Waals surface area contributed by atoms with Gasteiger partial charge in [0.1, 0.15) is 0 Å². The number of nitrogens with one attached hydrogen (secondary N) is 4. The van der Waals surface area contributed by atoms with E-state index in [1.165, 1.54) is 0 Å². The fraction of sp³-hybridized carbons (Fsp3) is 0.667. The zero-order valence-electron chi connectivity index (χ0n) is 21.6. The van der Waals surface area contributed by atoms with Gasteiger partial charge in [-0.1, -0.05) is 13.2 Å². The Morgan fingerprint density at radius 3 is 1.06 bits per heavy atom. The van der Waals surface area contributed by atoms with E-state index in [2.05, 4.69) is 34.4 Å². The van der Waals surface area contributed by atoms with E-state index in [1.54, 1.807) is 13.8 Å². The molecule has 0 heterocycles. The maximum atomic E-state index is 11.8. The Labute approximate surface area is 213 Å². The van der Waals surface area contributed by atoms with Crippen LogP contribution in [0.3, 0.4) is 0 Å². The normalized spacial score (nSPS) is 10.4. The molecule has 36 heavy (non-hydrogen) atoms. The molecule has 0 atom stereocenters. The van der Waals surface area contributed by atoms with Crippen LogP contribution in [0.4, 0.5) is 0 Å². The van der Waals surface area contributed by atoms with Crippen LogP contribution in [-0.4, -0.2) is 103 Å². The van der Waals surface area contributed by atoms with Gasteiger partial charge in [-0.3, -0.25) is 19.2 Å². The predicted molar refractivity (Wildman–Crippen MR) is 134 cm³/mol. The van der Waals surface area contributed by atoms with Crippen molar-refractivity contribution in [3.8, 4) is 0 Å². The van der Waals surface area contributed by atoms with Crippen molar-refractivity contribution >= 4 is 23.6 Å². The van der Waals surface area contributed by atoms with Gasteiger partial charge in [0.05, 0.1) is 52.9 Å². The van der Waals surface area contributed by atoms with Crippen molar-refractivity contribution in [1.82, 2.24) is 21.3 Å². The van der Waals surface area contributed by atoms with Crippen molar-refractivity contribution in [1.29, 1.82) is 0 Å². The first-order valence-electron chi connectivity index (χ1n) is 12.0. The van der Waals surface area contributed by atoms with Crippen LogP contribution in [0.5, 0.6) is 0 Å². The van der Waals surface area contributed by atoms with Gasteiger partial charge in [0.15, 0.2) is 0 Å². The van der Waals surface area contributed by atoms with Crippen LogP contribution in [0.2, 0.25) is 0 Å². The van der Waals surface area contributed by atoms with Gasteiger partial charge in [-0.25, -0.2) is 0 Å². The second kappa shape index (κ2) is 22.7. The zero-order chi connectivity index (χ0) is 27.0. The number of amides is 4. The van der Waals surface area contributed by atoms with Crippen molar-refractivity contribution in [2.24, 2.45) is 0 Å². The van der Waals surface area contributed by atoms with E-state index in [1.807, 2.05) is 0 Å². The lowest BCUT2D eigenvalue weighted by Gasteiger charge is -2.09. The summed E-state index contributed by atoms with van der Waals surface area (Å²) in [5.74, 6) is -0.860. The van der Waals surface area contributed by atoms with Gasteiger partial charge in [0.2, 0.25) is 23.6 Å². The van der Waals surface area contributed by atoms with Crippen molar-refractivity contribution < 1.29 is 38.1 Å². The topological polar surface area (TPSA) is 153 Å². The molecule has 206 valence electrons. The summed E-state index contributed by atoms with van der Waals surface area (Å²) in [7, 11) is 0. The Hall–Kier alpha value is -2.80. The molecule has 0 radical (unpaired) electrons. The van der Waals surface area contributed by atoms with Gasteiger partial charge in [0, 0.05) is 50.2 Å². The summed E-state index contributed by atoms with van der Waals surface area (Å²) >= 11 is 0. The third kappa shape index (κ3) is 21.7. The molecule has 12 heteroatoms. The molecule has 0 saturated carbocycles. The summed E-state index contributed by atoms with van der Waals surface area (Å²) in [4.78, 5) is 46.1. The molecular formula is C24H42N4O8. The highest BCUT2D eigenvalue weighted by Crippen LogP contribution is 1.90. The van der Waals surface area contributed by atoms with Crippen LogP contribution in [0.1, 0.15) is 26.7 Å². The van der Waals surface area contributed by atoms with Gasteiger partial charge in [-0.15, -0.1) is 0 Å². The van der Waals surface area contributed by atoms with E-state index >= 15 is 0 Å². The molecule has 0 aromatic rings. The zero-order valence-corrected chi connectivity index (χ0v) is 21.6. The molecule has 0 rings (SSSR count). The van der Waals surface area contributed by atoms with E-state index in [4.69, 9.17) is 18.9 Å². The summed E-state index contributed by atoms with van der Waals surface area (Å²) in [6, 6.07) is 0. The lowest BCUT2D eigenvalue weighted by molar-refractivity contribution is -0.126. The minimum absolute atomic E-state index is 0.0848. The SMILES string of the molecule is C=C(C)C(=O)NCCOCCOCCNC(=O)CCC(=O)NCCOCCOCCNC(=O)C(=C)C. The third-order valence-electron chi connectivity index (χ3n) is 4.30. The minimum Gasteiger partial charge on any atom is -0.377 e. The number of carbonyl (C=O) groups is 4. The van der Waals surface area contributed by atoms with Crippen molar-refractivity contribution in [2.75, 3.05) is 79.0 Å². The number of hydrogen-bond acceptors (Lipinski definition) is 8. The standard InChI is InChI=1S/C24H42N4O8/c1-19(2)23(31)27-9-13-35-17-15-33-11-7-25-21(29)5-6-22(30)26-8-12-34-16-18-36-14-10-28-24(32)20(3)4/h1,3,5-18H2,2,4H3,(H,25,29)(H,26,30)(H,27,31)(H,28,32). The Morgan fingerprint density at radius 2 is 0.778 bits per heavy atom. The largest absolute Gasteiger partial charge is 0.377 e. The van der Waals surface area contributed by atoms with Gasteiger partial charge >= 0.3 is 0 Å². The van der Waals surface area contributed by atoms with Crippen LogP contribution in [-0.2, 0) is 38.1 Å². The summed E-state index contributed by atoms with van der Waals surface area (Å²) in [5, 5.41) is 10.7. The summed E-state index contributed by atoms with van der Waals surface area (Å²) in [6.07, 6.45) is 0.170. The Kier molecular flexibility index (Phi) is 20.9. The first kappa shape index (κ1) is 33.2. The van der Waals surface area contributed by atoms with Gasteiger partial charge in [0.25, 0.3) is 0 Å². The van der Waals surface area contributed by atoms with Crippen LogP contribution in [0.15, 0.2) is 24.3 Å². The van der Waals surface area contributed by atoms with Crippen LogP contribution in [0, 0.1) is 0 Å². The smallest absolute Gasteiger partial charge is 0.246 e. The first-order valence-corrected chi connectivity index (χ1v) is 12.0. The average molecular weight is 515 g/mol. The highest BCUT2D eigenvalue weighted by molar-refractivity contribution is 5.92. The van der Waals surface area contributed by atoms with Crippen LogP contribution < -0.4 is 21.3 Å². The lowest BCUT2D eigenvalue weighted by atomic mass is 10.3. The third-order valence-corrected chi connectivity index (χ3v) is 4.30. The molecule has 0 unspecified atom stereocenters. The minimum atomic E-state index is -0.230. The monoisotopic (exact) mass is 514 g/mol. The second-order valence-electron chi connectivity index (χ2n) is 7.72. The second-order valence-corrected chi connectivity index (χ2v) is 7.72. The number of carbonyl (C=O) groups excluding carboxylic acids is 4. The molecule has 0 aromatic carbocycles. The lowest BCUT2D eigenvalue weighted by Crippen LogP contribution is -2.31. The molecule has 0 fully saturated rings. The molecule has 0 spiro atoms. The van der Waals surface area contributed by atoms with Crippen molar-refractivity contribution in [3.05, 3.63) is 24.3 Å². The van der Waals surface area contributed by atoms with Crippen LogP contribution in [0.25, 0.3) is 0 Å². The van der Waals surface area contributed by atoms with E-state index in [0.29, 0.717) is 90.2 Å². The maximum absolute atomic E-state index is 11.8. The molecule has 0 saturated heterocycles. The van der Waals surface area contributed by atoms with E-state index < -0.39 is 0 Å². The molecule has 0 aliphatic heterocycles. The first-order chi connectivity index (χ1) is 17.2. The van der Waals surface area contributed by atoms with Crippen molar-refractivity contribution in [3.63, 3.8) is 0 Å². The molecular weight excluding hydrogens is 472 g/mol. The Morgan fingerprint density at radius 1 is 0.500 bits per heavy atom. The van der Waals surface area contributed by atoms with Crippen molar-refractivity contribution in [2.45, 2.75) is 26.7 Å². The Bertz CT molecular complexity index is 642.